The van der Waals surface area contributed by atoms with E-state index in [0.29, 0.717) is 0 Å². The summed E-state index contributed by atoms with van der Waals surface area (Å²) in [6.45, 7) is 4.66. The molecule has 3 nitrogen and oxygen atoms in total. The molecular formula is C15H23NO2. The number of hydrogen-bond acceptors (Lipinski definition) is 2. The summed E-state index contributed by atoms with van der Waals surface area (Å²) in [5.41, 5.74) is 2.63. The molecule has 0 saturated carbocycles. The molecule has 0 aliphatic carbocycles. The average molecular weight is 249 g/mol. The first-order valence-corrected chi connectivity index (χ1v) is 6.55. The van der Waals surface area contributed by atoms with Gasteiger partial charge in [-0.2, -0.15) is 0 Å². The van der Waals surface area contributed by atoms with E-state index in [-0.39, 0.29) is 0 Å². The van der Waals surface area contributed by atoms with Gasteiger partial charge in [-0.1, -0.05) is 37.6 Å². The molecule has 100 valence electrons. The van der Waals surface area contributed by atoms with E-state index in [1.54, 1.807) is 6.92 Å². The summed E-state index contributed by atoms with van der Waals surface area (Å²) in [5, 5.41) is 8.90. The Balaban J connectivity index is 2.46. The van der Waals surface area contributed by atoms with Crippen LogP contribution in [-0.4, -0.2) is 35.6 Å². The van der Waals surface area contributed by atoms with E-state index in [1.165, 1.54) is 11.1 Å². The molecular weight excluding hydrogens is 226 g/mol. The maximum atomic E-state index is 10.8. The summed E-state index contributed by atoms with van der Waals surface area (Å²) in [6, 6.07) is 8.19. The molecule has 0 radical (unpaired) electrons. The number of aliphatic carboxylic acids is 1. The normalized spacial score (nSPS) is 12.7. The van der Waals surface area contributed by atoms with Gasteiger partial charge in [0, 0.05) is 6.54 Å². The first-order valence-electron chi connectivity index (χ1n) is 6.55. The zero-order chi connectivity index (χ0) is 13.5. The first kappa shape index (κ1) is 14.7. The molecule has 1 aromatic rings. The van der Waals surface area contributed by atoms with Gasteiger partial charge in [0.15, 0.2) is 0 Å². The Bertz CT molecular complexity index is 373. The smallest absolute Gasteiger partial charge is 0.320 e. The number of hydrogen-bond donors (Lipinski definition) is 1. The van der Waals surface area contributed by atoms with E-state index < -0.39 is 12.0 Å². The van der Waals surface area contributed by atoms with E-state index in [9.17, 15) is 4.79 Å². The summed E-state index contributed by atoms with van der Waals surface area (Å²) in [7, 11) is 1.85. The molecule has 1 atom stereocenters. The van der Waals surface area contributed by atoms with Crippen LogP contribution in [0.5, 0.6) is 0 Å². The molecule has 0 spiro atoms. The standard InChI is InChI=1S/C15H23NO2/c1-4-5-13-6-8-14(9-7-13)10-11-16(3)12(2)15(17)18/h6-9,12H,4-5,10-11H2,1-3H3,(H,17,18). The molecule has 0 aliphatic rings. The highest BCUT2D eigenvalue weighted by atomic mass is 16.4. The van der Waals surface area contributed by atoms with Crippen LogP contribution in [0.15, 0.2) is 24.3 Å². The predicted octanol–water partition coefficient (Wildman–Crippen LogP) is 2.59. The van der Waals surface area contributed by atoms with Crippen LogP contribution in [0.3, 0.4) is 0 Å². The summed E-state index contributed by atoms with van der Waals surface area (Å²) < 4.78 is 0. The van der Waals surface area contributed by atoms with Crippen LogP contribution in [0.1, 0.15) is 31.4 Å². The van der Waals surface area contributed by atoms with Crippen LogP contribution in [0.25, 0.3) is 0 Å². The summed E-state index contributed by atoms with van der Waals surface area (Å²) in [6.07, 6.45) is 3.18. The molecule has 0 saturated heterocycles. The Kier molecular flexibility index (Phi) is 5.86. The van der Waals surface area contributed by atoms with Crippen molar-refractivity contribution in [3.63, 3.8) is 0 Å². The second-order valence-electron chi connectivity index (χ2n) is 4.81. The molecule has 1 rings (SSSR count). The molecule has 1 aromatic carbocycles. The molecule has 0 aromatic heterocycles. The SMILES string of the molecule is CCCc1ccc(CCN(C)C(C)C(=O)O)cc1. The summed E-state index contributed by atoms with van der Waals surface area (Å²) in [5.74, 6) is -0.768. The maximum Gasteiger partial charge on any atom is 0.320 e. The van der Waals surface area contributed by atoms with Crippen LogP contribution in [0.4, 0.5) is 0 Å². The molecule has 0 bridgehead atoms. The number of carboxylic acid groups (broad SMARTS) is 1. The van der Waals surface area contributed by atoms with Crippen molar-refractivity contribution in [2.24, 2.45) is 0 Å². The Morgan fingerprint density at radius 3 is 2.17 bits per heavy atom. The van der Waals surface area contributed by atoms with Crippen molar-refractivity contribution >= 4 is 5.97 Å². The van der Waals surface area contributed by atoms with Crippen molar-refractivity contribution in [1.82, 2.24) is 4.90 Å². The minimum atomic E-state index is -0.768. The van der Waals surface area contributed by atoms with Crippen LogP contribution in [0, 0.1) is 0 Å². The third kappa shape index (κ3) is 4.49. The van der Waals surface area contributed by atoms with Gasteiger partial charge in [0.25, 0.3) is 0 Å². The Morgan fingerprint density at radius 2 is 1.72 bits per heavy atom. The lowest BCUT2D eigenvalue weighted by Gasteiger charge is -2.20. The molecule has 1 N–H and O–H groups in total. The Hall–Kier alpha value is -1.35. The molecule has 0 aliphatic heterocycles. The van der Waals surface area contributed by atoms with Gasteiger partial charge in [-0.05, 0) is 37.9 Å². The lowest BCUT2D eigenvalue weighted by atomic mass is 10.1. The lowest BCUT2D eigenvalue weighted by molar-refractivity contribution is -0.142. The quantitative estimate of drug-likeness (QED) is 0.807. The number of carbonyl (C=O) groups is 1. The van der Waals surface area contributed by atoms with E-state index >= 15 is 0 Å². The van der Waals surface area contributed by atoms with Crippen LogP contribution >= 0.6 is 0 Å². The number of rotatable bonds is 7. The number of carboxylic acids is 1. The van der Waals surface area contributed by atoms with Gasteiger partial charge in [0.1, 0.15) is 6.04 Å². The van der Waals surface area contributed by atoms with Gasteiger partial charge in [-0.25, -0.2) is 0 Å². The van der Waals surface area contributed by atoms with Crippen LogP contribution < -0.4 is 0 Å². The van der Waals surface area contributed by atoms with Gasteiger partial charge in [0.2, 0.25) is 0 Å². The van der Waals surface area contributed by atoms with Crippen molar-refractivity contribution in [2.75, 3.05) is 13.6 Å². The van der Waals surface area contributed by atoms with Crippen molar-refractivity contribution in [3.8, 4) is 0 Å². The average Bonchev–Trinajstić information content (AvgIpc) is 2.37. The molecule has 0 fully saturated rings. The number of benzene rings is 1. The van der Waals surface area contributed by atoms with E-state index in [4.69, 9.17) is 5.11 Å². The fourth-order valence-corrected chi connectivity index (χ4v) is 1.85. The number of likely N-dealkylation sites (N-methyl/N-ethyl adjacent to an activating group) is 1. The van der Waals surface area contributed by atoms with E-state index in [1.807, 2.05) is 11.9 Å². The maximum absolute atomic E-state index is 10.8. The Morgan fingerprint density at radius 1 is 1.22 bits per heavy atom. The first-order chi connectivity index (χ1) is 8.54. The van der Waals surface area contributed by atoms with Crippen molar-refractivity contribution in [3.05, 3.63) is 35.4 Å². The second kappa shape index (κ2) is 7.17. The molecule has 3 heteroatoms. The Labute approximate surface area is 109 Å². The highest BCUT2D eigenvalue weighted by Gasteiger charge is 2.15. The molecule has 18 heavy (non-hydrogen) atoms. The van der Waals surface area contributed by atoms with Gasteiger partial charge in [-0.15, -0.1) is 0 Å². The summed E-state index contributed by atoms with van der Waals surface area (Å²) in [4.78, 5) is 12.7. The third-order valence-electron chi connectivity index (χ3n) is 3.33. The second-order valence-corrected chi connectivity index (χ2v) is 4.81. The fourth-order valence-electron chi connectivity index (χ4n) is 1.85. The minimum Gasteiger partial charge on any atom is -0.480 e. The molecule has 1 unspecified atom stereocenters. The zero-order valence-electron chi connectivity index (χ0n) is 11.5. The summed E-state index contributed by atoms with van der Waals surface area (Å²) >= 11 is 0. The topological polar surface area (TPSA) is 40.5 Å². The minimum absolute atomic E-state index is 0.427. The van der Waals surface area contributed by atoms with Gasteiger partial charge in [0.05, 0.1) is 0 Å². The van der Waals surface area contributed by atoms with Crippen molar-refractivity contribution in [2.45, 2.75) is 39.2 Å². The highest BCUT2D eigenvalue weighted by Crippen LogP contribution is 2.08. The van der Waals surface area contributed by atoms with Crippen LogP contribution in [-0.2, 0) is 17.6 Å². The van der Waals surface area contributed by atoms with Crippen molar-refractivity contribution in [1.29, 1.82) is 0 Å². The highest BCUT2D eigenvalue weighted by molar-refractivity contribution is 5.72. The fraction of sp³-hybridized carbons (Fsp3) is 0.533. The third-order valence-corrected chi connectivity index (χ3v) is 3.33. The van der Waals surface area contributed by atoms with E-state index in [0.717, 1.165) is 25.8 Å². The van der Waals surface area contributed by atoms with Gasteiger partial charge < -0.3 is 5.11 Å². The molecule has 0 amide bonds. The van der Waals surface area contributed by atoms with Crippen molar-refractivity contribution < 1.29 is 9.90 Å². The number of nitrogens with zero attached hydrogens (tertiary/aromatic N) is 1. The number of aryl methyl sites for hydroxylation is 1. The zero-order valence-corrected chi connectivity index (χ0v) is 11.5. The van der Waals surface area contributed by atoms with Crippen LogP contribution in [0.2, 0.25) is 0 Å². The predicted molar refractivity (Wildman–Crippen MR) is 73.9 cm³/mol. The van der Waals surface area contributed by atoms with Gasteiger partial charge in [-0.3, -0.25) is 9.69 Å². The lowest BCUT2D eigenvalue weighted by Crippen LogP contribution is -2.37. The van der Waals surface area contributed by atoms with E-state index in [2.05, 4.69) is 31.2 Å². The monoisotopic (exact) mass is 249 g/mol. The largest absolute Gasteiger partial charge is 0.480 e. The van der Waals surface area contributed by atoms with Gasteiger partial charge >= 0.3 is 5.97 Å². The molecule has 0 heterocycles.